The second-order valence-corrected chi connectivity index (χ2v) is 6.00. The molecule has 0 radical (unpaired) electrons. The van der Waals surface area contributed by atoms with E-state index < -0.39 is 22.6 Å². The van der Waals surface area contributed by atoms with Crippen molar-refractivity contribution in [2.24, 2.45) is 0 Å². The fourth-order valence-corrected chi connectivity index (χ4v) is 2.92. The maximum absolute atomic E-state index is 11.9. The smallest absolute Gasteiger partial charge is 0.274 e. The highest BCUT2D eigenvalue weighted by Crippen LogP contribution is 2.35. The van der Waals surface area contributed by atoms with Crippen molar-refractivity contribution < 1.29 is 14.4 Å². The van der Waals surface area contributed by atoms with Gasteiger partial charge in [0.05, 0.1) is 5.69 Å². The van der Waals surface area contributed by atoms with Gasteiger partial charge in [-0.3, -0.25) is 19.7 Å². The molecule has 0 aliphatic carbocycles. The molecule has 0 spiro atoms. The highest BCUT2D eigenvalue weighted by molar-refractivity contribution is 6.58. The maximum atomic E-state index is 11.9. The van der Waals surface area contributed by atoms with Crippen molar-refractivity contribution in [1.82, 2.24) is 5.32 Å². The minimum atomic E-state index is -1.33. The molecule has 0 unspecified atom stereocenters. The molecule has 0 saturated carbocycles. The summed E-state index contributed by atoms with van der Waals surface area (Å²) in [6.45, 7) is 0. The van der Waals surface area contributed by atoms with Crippen LogP contribution in [-0.4, -0.2) is 22.6 Å². The van der Waals surface area contributed by atoms with Gasteiger partial charge in [-0.2, -0.15) is 0 Å². The Balaban J connectivity index is 2.29. The molecule has 2 aromatic rings. The van der Waals surface area contributed by atoms with E-state index >= 15 is 0 Å². The number of nitrogens with one attached hydrogen (secondary N) is 1. The van der Waals surface area contributed by atoms with Gasteiger partial charge in [0.25, 0.3) is 17.7 Å². The summed E-state index contributed by atoms with van der Waals surface area (Å²) in [5.41, 5.74) is 0.959. The van der Waals surface area contributed by atoms with Crippen molar-refractivity contribution in [3.05, 3.63) is 41.5 Å². The van der Waals surface area contributed by atoms with Crippen LogP contribution in [0.25, 0.3) is 10.8 Å². The summed E-state index contributed by atoms with van der Waals surface area (Å²) in [7, 11) is 0. The molecular weight excluding hydrogens is 351 g/mol. The van der Waals surface area contributed by atoms with E-state index in [2.05, 4.69) is 5.32 Å². The maximum Gasteiger partial charge on any atom is 0.274 e. The fraction of sp³-hybridized carbons (Fsp3) is 0.0714. The third-order valence-corrected chi connectivity index (χ3v) is 4.05. The Morgan fingerprint density at radius 2 is 1.68 bits per heavy atom. The van der Waals surface area contributed by atoms with Gasteiger partial charge in [0.1, 0.15) is 0 Å². The van der Waals surface area contributed by atoms with E-state index in [1.54, 1.807) is 18.2 Å². The van der Waals surface area contributed by atoms with Crippen LogP contribution < -0.4 is 9.74 Å². The van der Waals surface area contributed by atoms with Crippen molar-refractivity contribution in [3.63, 3.8) is 0 Å². The number of amides is 3. The van der Waals surface area contributed by atoms with E-state index in [-0.39, 0.29) is 0 Å². The molecule has 0 bridgehead atoms. The first kappa shape index (κ1) is 15.1. The fourth-order valence-electron chi connectivity index (χ4n) is 2.38. The highest BCUT2D eigenvalue weighted by Gasteiger charge is 2.28. The number of carbonyl (C=O) groups excluding carboxylic acids is 3. The van der Waals surface area contributed by atoms with Crippen LogP contribution in [0.1, 0.15) is 20.7 Å². The number of nitrogens with zero attached hydrogens (tertiary/aromatic N) is 1. The Hall–Kier alpha value is -1.82. The Bertz CT molecular complexity index is 815. The molecular formula is C14H7Cl3N2O3. The Labute approximate surface area is 139 Å². The average Bonchev–Trinajstić information content (AvgIpc) is 2.50. The molecule has 0 atom stereocenters. The van der Waals surface area contributed by atoms with Gasteiger partial charge in [-0.1, -0.05) is 35.3 Å². The Morgan fingerprint density at radius 3 is 2.32 bits per heavy atom. The van der Waals surface area contributed by atoms with Gasteiger partial charge < -0.3 is 0 Å². The molecule has 22 heavy (non-hydrogen) atoms. The van der Waals surface area contributed by atoms with E-state index in [0.717, 1.165) is 4.42 Å². The lowest BCUT2D eigenvalue weighted by molar-refractivity contribution is -0.115. The van der Waals surface area contributed by atoms with Crippen LogP contribution in [0.5, 0.6) is 0 Å². The zero-order valence-electron chi connectivity index (χ0n) is 10.8. The molecule has 1 aliphatic heterocycles. The van der Waals surface area contributed by atoms with Crippen LogP contribution in [0.2, 0.25) is 0 Å². The van der Waals surface area contributed by atoms with Crippen molar-refractivity contribution in [2.45, 2.75) is 4.84 Å². The SMILES string of the molecule is O=C1NC(=O)c2ccc(N(Cl)C(=O)C(Cl)Cl)c3cccc1c23. The predicted octanol–water partition coefficient (Wildman–Crippen LogP) is 3.01. The van der Waals surface area contributed by atoms with Gasteiger partial charge in [0.15, 0.2) is 4.84 Å². The lowest BCUT2D eigenvalue weighted by Crippen LogP contribution is -2.35. The second-order valence-electron chi connectivity index (χ2n) is 4.56. The molecule has 0 saturated heterocycles. The van der Waals surface area contributed by atoms with Gasteiger partial charge in [0.2, 0.25) is 0 Å². The highest BCUT2D eigenvalue weighted by atomic mass is 35.5. The van der Waals surface area contributed by atoms with Gasteiger partial charge in [-0.15, -0.1) is 0 Å². The topological polar surface area (TPSA) is 66.5 Å². The molecule has 0 fully saturated rings. The summed E-state index contributed by atoms with van der Waals surface area (Å²) < 4.78 is 0.782. The van der Waals surface area contributed by atoms with E-state index in [1.807, 2.05) is 0 Å². The van der Waals surface area contributed by atoms with Crippen molar-refractivity contribution in [2.75, 3.05) is 4.42 Å². The molecule has 1 heterocycles. The van der Waals surface area contributed by atoms with Gasteiger partial charge in [0, 0.05) is 33.7 Å². The summed E-state index contributed by atoms with van der Waals surface area (Å²) in [5.74, 6) is -1.72. The normalized spacial score (nSPS) is 13.5. The molecule has 112 valence electrons. The first-order valence-corrected chi connectivity index (χ1v) is 7.32. The van der Waals surface area contributed by atoms with Gasteiger partial charge >= 0.3 is 0 Å². The Kier molecular flexibility index (Phi) is 3.72. The van der Waals surface area contributed by atoms with E-state index in [1.165, 1.54) is 12.1 Å². The number of anilines is 1. The van der Waals surface area contributed by atoms with Crippen molar-refractivity contribution >= 4 is 69.2 Å². The summed E-state index contributed by atoms with van der Waals surface area (Å²) >= 11 is 17.1. The summed E-state index contributed by atoms with van der Waals surface area (Å²) in [5, 5.41) is 3.17. The van der Waals surface area contributed by atoms with Crippen LogP contribution in [0.3, 0.4) is 0 Å². The van der Waals surface area contributed by atoms with Crippen molar-refractivity contribution in [1.29, 1.82) is 0 Å². The van der Waals surface area contributed by atoms with Crippen LogP contribution in [0, 0.1) is 0 Å². The third-order valence-electron chi connectivity index (χ3n) is 3.33. The first-order chi connectivity index (χ1) is 10.4. The van der Waals surface area contributed by atoms with Gasteiger partial charge in [-0.05, 0) is 18.2 Å². The van der Waals surface area contributed by atoms with Crippen LogP contribution in [0.15, 0.2) is 30.3 Å². The molecule has 0 aromatic heterocycles. The zero-order chi connectivity index (χ0) is 16.0. The minimum absolute atomic E-state index is 0.293. The molecule has 8 heteroatoms. The predicted molar refractivity (Wildman–Crippen MR) is 84.6 cm³/mol. The van der Waals surface area contributed by atoms with E-state index in [9.17, 15) is 14.4 Å². The lowest BCUT2D eigenvalue weighted by atomic mass is 9.94. The third kappa shape index (κ3) is 2.22. The summed E-state index contributed by atoms with van der Waals surface area (Å²) in [6, 6.07) is 7.86. The lowest BCUT2D eigenvalue weighted by Gasteiger charge is -2.21. The Morgan fingerprint density at radius 1 is 1.05 bits per heavy atom. The molecule has 5 nitrogen and oxygen atoms in total. The van der Waals surface area contributed by atoms with Crippen molar-refractivity contribution in [3.8, 4) is 0 Å². The second kappa shape index (κ2) is 5.43. The standard InChI is InChI=1S/C14H7Cl3N2O3/c15-11(16)14(22)19(17)9-5-4-8-10-6(9)2-1-3-7(10)12(20)18-13(8)21/h1-5,11H,(H,18,20,21). The molecule has 2 aromatic carbocycles. The number of carbonyl (C=O) groups is 3. The molecule has 3 amide bonds. The monoisotopic (exact) mass is 356 g/mol. The number of benzene rings is 2. The minimum Gasteiger partial charge on any atom is -0.288 e. The number of hydrogen-bond acceptors (Lipinski definition) is 3. The number of imide groups is 1. The number of alkyl halides is 2. The summed E-state index contributed by atoms with van der Waals surface area (Å²) in [4.78, 5) is 34.4. The van der Waals surface area contributed by atoms with Crippen LogP contribution >= 0.6 is 35.0 Å². The zero-order valence-corrected chi connectivity index (χ0v) is 13.0. The van der Waals surface area contributed by atoms with Crippen LogP contribution in [0.4, 0.5) is 5.69 Å². The quantitative estimate of drug-likeness (QED) is 0.510. The molecule has 1 N–H and O–H groups in total. The average molecular weight is 358 g/mol. The van der Waals surface area contributed by atoms with E-state index in [4.69, 9.17) is 35.0 Å². The van der Waals surface area contributed by atoms with E-state index in [0.29, 0.717) is 27.6 Å². The van der Waals surface area contributed by atoms with Crippen LogP contribution in [-0.2, 0) is 4.79 Å². The number of halogens is 3. The largest absolute Gasteiger partial charge is 0.288 e. The molecule has 1 aliphatic rings. The van der Waals surface area contributed by atoms with Gasteiger partial charge in [-0.25, -0.2) is 4.42 Å². The summed E-state index contributed by atoms with van der Waals surface area (Å²) in [6.07, 6.45) is 0. The number of hydrogen-bond donors (Lipinski definition) is 1. The number of rotatable bonds is 2. The first-order valence-electron chi connectivity index (χ1n) is 6.11. The molecule has 3 rings (SSSR count).